The first-order chi connectivity index (χ1) is 29.0. The summed E-state index contributed by atoms with van der Waals surface area (Å²) in [5.41, 5.74) is 0. The molecule has 0 bridgehead atoms. The van der Waals surface area contributed by atoms with Gasteiger partial charge >= 0.3 is 11.9 Å². The van der Waals surface area contributed by atoms with Crippen LogP contribution in [0.4, 0.5) is 0 Å². The molecule has 0 rings (SSSR count). The van der Waals surface area contributed by atoms with Crippen molar-refractivity contribution in [3.8, 4) is 0 Å². The summed E-state index contributed by atoms with van der Waals surface area (Å²) in [7, 11) is 1.17. The number of ether oxygens (including phenoxy) is 2. The van der Waals surface area contributed by atoms with E-state index in [1.807, 2.05) is 21.1 Å². The van der Waals surface area contributed by atoms with Gasteiger partial charge in [-0.15, -0.1) is 0 Å². The van der Waals surface area contributed by atoms with Gasteiger partial charge in [-0.05, 0) is 44.9 Å². The Kier molecular flexibility index (Phi) is 41.7. The fourth-order valence-corrected chi connectivity index (χ4v) is 7.77. The van der Waals surface area contributed by atoms with Crippen LogP contribution in [0.15, 0.2) is 24.3 Å². The molecule has 0 fully saturated rings. The zero-order chi connectivity index (χ0) is 44.3. The molecule has 10 heteroatoms. The highest BCUT2D eigenvalue weighted by Gasteiger charge is 2.21. The number of unbranched alkanes of at least 4 members (excludes halogenated alkanes) is 28. The second kappa shape index (κ2) is 42.8. The summed E-state index contributed by atoms with van der Waals surface area (Å²) in [5, 5.41) is 0. The van der Waals surface area contributed by atoms with Crippen molar-refractivity contribution in [3.63, 3.8) is 0 Å². The lowest BCUT2D eigenvalue weighted by atomic mass is 10.0. The van der Waals surface area contributed by atoms with E-state index in [2.05, 4.69) is 38.2 Å². The van der Waals surface area contributed by atoms with E-state index in [0.717, 1.165) is 51.4 Å². The number of phosphoric acid groups is 1. The summed E-state index contributed by atoms with van der Waals surface area (Å²) in [5.74, 6) is -0.832. The van der Waals surface area contributed by atoms with E-state index in [1.165, 1.54) is 148 Å². The minimum absolute atomic E-state index is 0.0299. The topological polar surface area (TPSA) is 111 Å². The molecule has 0 amide bonds. The highest BCUT2D eigenvalue weighted by molar-refractivity contribution is 7.45. The normalized spacial score (nSPS) is 13.6. The molecule has 0 saturated heterocycles. The minimum atomic E-state index is -4.63. The van der Waals surface area contributed by atoms with Gasteiger partial charge in [0.25, 0.3) is 7.82 Å². The Morgan fingerprint density at radius 1 is 0.517 bits per heavy atom. The van der Waals surface area contributed by atoms with Crippen molar-refractivity contribution in [1.29, 1.82) is 0 Å². The molecule has 2 atom stereocenters. The van der Waals surface area contributed by atoms with Gasteiger partial charge in [0.1, 0.15) is 19.8 Å². The summed E-state index contributed by atoms with van der Waals surface area (Å²) in [4.78, 5) is 37.7. The lowest BCUT2D eigenvalue weighted by Crippen LogP contribution is -2.37. The van der Waals surface area contributed by atoms with E-state index >= 15 is 0 Å². The number of likely N-dealkylation sites (N-methyl/N-ethyl adjacent to an activating group) is 1. The third-order valence-electron chi connectivity index (χ3n) is 11.0. The Balaban J connectivity index is 4.25. The molecule has 0 N–H and O–H groups in total. The summed E-state index contributed by atoms with van der Waals surface area (Å²) < 4.78 is 34.0. The molecule has 0 aromatic rings. The van der Waals surface area contributed by atoms with Gasteiger partial charge in [-0.3, -0.25) is 14.2 Å². The maximum atomic E-state index is 12.7. The lowest BCUT2D eigenvalue weighted by molar-refractivity contribution is -0.870. The molecule has 0 radical (unpaired) electrons. The predicted octanol–water partition coefficient (Wildman–Crippen LogP) is 14.1. The molecule has 0 aromatic carbocycles. The second-order valence-electron chi connectivity index (χ2n) is 18.2. The van der Waals surface area contributed by atoms with Crippen LogP contribution < -0.4 is 4.89 Å². The van der Waals surface area contributed by atoms with Crippen LogP contribution in [-0.2, 0) is 32.7 Å². The summed E-state index contributed by atoms with van der Waals surface area (Å²) in [6.07, 6.45) is 47.7. The van der Waals surface area contributed by atoms with E-state index in [4.69, 9.17) is 18.5 Å². The van der Waals surface area contributed by atoms with Crippen molar-refractivity contribution in [1.82, 2.24) is 0 Å². The smallest absolute Gasteiger partial charge is 0.306 e. The summed E-state index contributed by atoms with van der Waals surface area (Å²) >= 11 is 0. The van der Waals surface area contributed by atoms with Gasteiger partial charge in [0, 0.05) is 12.8 Å². The first-order valence-electron chi connectivity index (χ1n) is 25.0. The van der Waals surface area contributed by atoms with E-state index in [0.29, 0.717) is 17.4 Å². The van der Waals surface area contributed by atoms with Crippen molar-refractivity contribution in [2.45, 2.75) is 238 Å². The molecule has 354 valence electrons. The standard InChI is InChI=1S/C50H96NO8P/c1-6-8-10-12-14-16-18-20-22-24-25-27-29-31-33-35-37-39-41-43-50(53)59-48(47-58-60(54,55)57-45-44-51(3,4)5)46-56-49(52)42-40-38-36-34-32-30-28-26-23-21-19-17-15-13-11-9-7-2/h15,17,21,23,48H,6-14,16,18-20,22,24-47H2,1-5H3/b17-15-,23-21-/t48-/m1/s1. The maximum absolute atomic E-state index is 12.7. The quantitative estimate of drug-likeness (QED) is 0.0195. The van der Waals surface area contributed by atoms with Crippen LogP contribution in [0, 0.1) is 0 Å². The van der Waals surface area contributed by atoms with Gasteiger partial charge in [-0.25, -0.2) is 0 Å². The molecule has 9 nitrogen and oxygen atoms in total. The Bertz CT molecular complexity index is 1070. The second-order valence-corrected chi connectivity index (χ2v) is 19.6. The van der Waals surface area contributed by atoms with Crippen molar-refractivity contribution >= 4 is 19.8 Å². The molecule has 0 aliphatic heterocycles. The molecule has 0 heterocycles. The van der Waals surface area contributed by atoms with Crippen molar-refractivity contribution in [3.05, 3.63) is 24.3 Å². The lowest BCUT2D eigenvalue weighted by Gasteiger charge is -2.28. The zero-order valence-electron chi connectivity index (χ0n) is 39.9. The van der Waals surface area contributed by atoms with E-state index in [1.54, 1.807) is 0 Å². The molecule has 0 aliphatic carbocycles. The van der Waals surface area contributed by atoms with Crippen LogP contribution in [0.5, 0.6) is 0 Å². The van der Waals surface area contributed by atoms with Crippen LogP contribution in [0.2, 0.25) is 0 Å². The van der Waals surface area contributed by atoms with E-state index in [9.17, 15) is 19.0 Å². The van der Waals surface area contributed by atoms with Gasteiger partial charge in [-0.2, -0.15) is 0 Å². The number of nitrogens with zero attached hydrogens (tertiary/aromatic N) is 1. The number of hydrogen-bond donors (Lipinski definition) is 0. The number of hydrogen-bond acceptors (Lipinski definition) is 8. The van der Waals surface area contributed by atoms with Gasteiger partial charge in [0.2, 0.25) is 0 Å². The summed E-state index contributed by atoms with van der Waals surface area (Å²) in [6.45, 7) is 4.23. The third kappa shape index (κ3) is 46.0. The highest BCUT2D eigenvalue weighted by atomic mass is 31.2. The number of carbonyl (C=O) groups excluding carboxylic acids is 2. The van der Waals surface area contributed by atoms with Crippen molar-refractivity contribution in [2.75, 3.05) is 47.5 Å². The number of phosphoric ester groups is 1. The maximum Gasteiger partial charge on any atom is 0.306 e. The fraction of sp³-hybridized carbons (Fsp3) is 0.880. The van der Waals surface area contributed by atoms with E-state index < -0.39 is 26.5 Å². The molecular formula is C50H96NO8P. The molecule has 1 unspecified atom stereocenters. The highest BCUT2D eigenvalue weighted by Crippen LogP contribution is 2.38. The number of rotatable bonds is 46. The molecular weight excluding hydrogens is 774 g/mol. The van der Waals surface area contributed by atoms with Gasteiger partial charge in [0.15, 0.2) is 6.10 Å². The molecule has 0 saturated carbocycles. The first kappa shape index (κ1) is 58.5. The average molecular weight is 870 g/mol. The largest absolute Gasteiger partial charge is 0.756 e. The van der Waals surface area contributed by atoms with Crippen LogP contribution in [-0.4, -0.2) is 70.0 Å². The van der Waals surface area contributed by atoms with Gasteiger partial charge in [0.05, 0.1) is 27.7 Å². The number of quaternary nitrogens is 1. The Labute approximate surface area is 370 Å². The van der Waals surface area contributed by atoms with Crippen molar-refractivity contribution in [2.24, 2.45) is 0 Å². The van der Waals surface area contributed by atoms with Crippen LogP contribution in [0.1, 0.15) is 232 Å². The zero-order valence-corrected chi connectivity index (χ0v) is 40.8. The Morgan fingerprint density at radius 3 is 1.35 bits per heavy atom. The number of allylic oxidation sites excluding steroid dienone is 4. The van der Waals surface area contributed by atoms with Crippen LogP contribution >= 0.6 is 7.82 Å². The SMILES string of the molecule is CCCCC/C=C\C/C=C\CCCCCCCCCC(=O)OC[C@H](COP(=O)([O-])OCC[N+](C)(C)C)OC(=O)CCCCCCCCCCCCCCCCCCCCC. The first-order valence-corrected chi connectivity index (χ1v) is 26.5. The predicted molar refractivity (Wildman–Crippen MR) is 250 cm³/mol. The summed E-state index contributed by atoms with van der Waals surface area (Å²) in [6, 6.07) is 0. The van der Waals surface area contributed by atoms with Gasteiger partial charge < -0.3 is 27.9 Å². The monoisotopic (exact) mass is 870 g/mol. The molecule has 0 aromatic heterocycles. The Morgan fingerprint density at radius 2 is 0.900 bits per heavy atom. The molecule has 0 aliphatic rings. The molecule has 60 heavy (non-hydrogen) atoms. The average Bonchev–Trinajstić information content (AvgIpc) is 3.20. The number of carbonyl (C=O) groups is 2. The fourth-order valence-electron chi connectivity index (χ4n) is 7.04. The van der Waals surface area contributed by atoms with Gasteiger partial charge in [-0.1, -0.05) is 199 Å². The number of esters is 2. The minimum Gasteiger partial charge on any atom is -0.756 e. The van der Waals surface area contributed by atoms with Crippen LogP contribution in [0.25, 0.3) is 0 Å². The van der Waals surface area contributed by atoms with E-state index in [-0.39, 0.29) is 32.0 Å². The molecule has 0 spiro atoms. The third-order valence-corrected chi connectivity index (χ3v) is 11.9. The van der Waals surface area contributed by atoms with Crippen LogP contribution in [0.3, 0.4) is 0 Å². The van der Waals surface area contributed by atoms with Crippen molar-refractivity contribution < 1.29 is 42.1 Å². The Hall–Kier alpha value is -1.51.